The van der Waals surface area contributed by atoms with E-state index in [1.165, 1.54) is 10.5 Å². The van der Waals surface area contributed by atoms with E-state index in [0.29, 0.717) is 17.3 Å². The molecule has 0 aliphatic carbocycles. The number of likely N-dealkylation sites (N-methyl/N-ethyl adjacent to an activating group) is 1. The normalized spacial score (nSPS) is 12.6. The first kappa shape index (κ1) is 25.2. The van der Waals surface area contributed by atoms with Crippen molar-refractivity contribution in [2.24, 2.45) is 0 Å². The van der Waals surface area contributed by atoms with Gasteiger partial charge in [0, 0.05) is 38.8 Å². The van der Waals surface area contributed by atoms with E-state index in [1.807, 2.05) is 48.5 Å². The van der Waals surface area contributed by atoms with Crippen LogP contribution in [-0.2, 0) is 16.0 Å². The summed E-state index contributed by atoms with van der Waals surface area (Å²) in [4.78, 5) is 13.1. The molecule has 2 unspecified atom stereocenters. The molecule has 0 aliphatic heterocycles. The Morgan fingerprint density at radius 3 is 2.45 bits per heavy atom. The van der Waals surface area contributed by atoms with E-state index in [9.17, 15) is 4.79 Å². The zero-order chi connectivity index (χ0) is 20.5. The number of nitrogens with one attached hydrogen (secondary N) is 1. The number of methoxy groups -OCH3 is 1. The Hall–Kier alpha value is -1.79. The zero-order valence-corrected chi connectivity index (χ0v) is 18.9. The van der Waals surface area contributed by atoms with Gasteiger partial charge in [-0.05, 0) is 48.7 Å². The van der Waals surface area contributed by atoms with Gasteiger partial charge in [-0.2, -0.15) is 0 Å². The Morgan fingerprint density at radius 1 is 1.17 bits per heavy atom. The number of rotatable bonds is 10. The topological polar surface area (TPSA) is 50.8 Å². The first-order chi connectivity index (χ1) is 13.4. The Labute approximate surface area is 184 Å². The molecule has 0 fully saturated rings. The largest absolute Gasteiger partial charge is 0.484 e. The third kappa shape index (κ3) is 8.62. The minimum Gasteiger partial charge on any atom is -0.484 e. The van der Waals surface area contributed by atoms with Crippen LogP contribution in [0.5, 0.6) is 5.75 Å². The molecule has 2 aromatic carbocycles. The SMILES string of the molecule is COC(CNC(C)Cc1ccc(OCC(=O)N(C)C)cc1)c1cccc(Cl)c1.Cl. The van der Waals surface area contributed by atoms with Crippen molar-refractivity contribution in [3.05, 3.63) is 64.7 Å². The van der Waals surface area contributed by atoms with Gasteiger partial charge in [-0.15, -0.1) is 12.4 Å². The van der Waals surface area contributed by atoms with Gasteiger partial charge in [0.2, 0.25) is 0 Å². The summed E-state index contributed by atoms with van der Waals surface area (Å²) in [5.74, 6) is 0.634. The van der Waals surface area contributed by atoms with Gasteiger partial charge in [-0.3, -0.25) is 4.79 Å². The van der Waals surface area contributed by atoms with E-state index in [-0.39, 0.29) is 37.1 Å². The van der Waals surface area contributed by atoms with Gasteiger partial charge < -0.3 is 19.7 Å². The van der Waals surface area contributed by atoms with Crippen LogP contribution in [0.1, 0.15) is 24.2 Å². The van der Waals surface area contributed by atoms with Gasteiger partial charge in [0.15, 0.2) is 6.61 Å². The van der Waals surface area contributed by atoms with Crippen molar-refractivity contribution in [1.29, 1.82) is 0 Å². The van der Waals surface area contributed by atoms with Crippen molar-refractivity contribution in [2.45, 2.75) is 25.5 Å². The maximum absolute atomic E-state index is 11.6. The first-order valence-electron chi connectivity index (χ1n) is 9.32. The second kappa shape index (κ2) is 12.7. The second-order valence-corrected chi connectivity index (χ2v) is 7.45. The Balaban J connectivity index is 0.00000420. The number of amides is 1. The maximum Gasteiger partial charge on any atom is 0.259 e. The monoisotopic (exact) mass is 440 g/mol. The summed E-state index contributed by atoms with van der Waals surface area (Å²) >= 11 is 6.08. The number of hydrogen-bond donors (Lipinski definition) is 1. The van der Waals surface area contributed by atoms with E-state index in [2.05, 4.69) is 12.2 Å². The summed E-state index contributed by atoms with van der Waals surface area (Å²) < 4.78 is 11.1. The van der Waals surface area contributed by atoms with Crippen molar-refractivity contribution in [3.63, 3.8) is 0 Å². The van der Waals surface area contributed by atoms with E-state index in [0.717, 1.165) is 12.0 Å². The van der Waals surface area contributed by atoms with Crippen LogP contribution in [0.15, 0.2) is 48.5 Å². The van der Waals surface area contributed by atoms with E-state index in [4.69, 9.17) is 21.1 Å². The number of carbonyl (C=O) groups is 1. The molecule has 29 heavy (non-hydrogen) atoms. The van der Waals surface area contributed by atoms with Gasteiger partial charge in [0.1, 0.15) is 5.75 Å². The highest BCUT2D eigenvalue weighted by molar-refractivity contribution is 6.30. The third-order valence-corrected chi connectivity index (χ3v) is 4.72. The van der Waals surface area contributed by atoms with Crippen LogP contribution in [0.2, 0.25) is 5.02 Å². The van der Waals surface area contributed by atoms with Crippen molar-refractivity contribution < 1.29 is 14.3 Å². The average Bonchev–Trinajstić information content (AvgIpc) is 2.67. The molecule has 7 heteroatoms. The summed E-state index contributed by atoms with van der Waals surface area (Å²) in [6.07, 6.45) is 0.828. The molecule has 2 atom stereocenters. The number of ether oxygens (including phenoxy) is 2. The lowest BCUT2D eigenvalue weighted by Gasteiger charge is -2.20. The van der Waals surface area contributed by atoms with Crippen molar-refractivity contribution >= 4 is 29.9 Å². The number of hydrogen-bond acceptors (Lipinski definition) is 4. The predicted octanol–water partition coefficient (Wildman–Crippen LogP) is 4.14. The van der Waals surface area contributed by atoms with Crippen LogP contribution >= 0.6 is 24.0 Å². The highest BCUT2D eigenvalue weighted by Crippen LogP contribution is 2.20. The lowest BCUT2D eigenvalue weighted by atomic mass is 10.1. The van der Waals surface area contributed by atoms with Gasteiger partial charge in [-0.25, -0.2) is 0 Å². The highest BCUT2D eigenvalue weighted by atomic mass is 35.5. The number of benzene rings is 2. The molecule has 1 amide bonds. The summed E-state index contributed by atoms with van der Waals surface area (Å²) in [6.45, 7) is 2.89. The fourth-order valence-electron chi connectivity index (χ4n) is 2.77. The average molecular weight is 441 g/mol. The quantitative estimate of drug-likeness (QED) is 0.602. The molecule has 0 heterocycles. The molecule has 160 valence electrons. The molecule has 0 saturated heterocycles. The standard InChI is InChI=1S/C22H29ClN2O3.ClH/c1-16(24-14-21(27-4)18-6-5-7-19(23)13-18)12-17-8-10-20(11-9-17)28-15-22(26)25(2)3;/h5-11,13,16,21,24H,12,14-15H2,1-4H3;1H. The van der Waals surface area contributed by atoms with E-state index in [1.54, 1.807) is 21.2 Å². The highest BCUT2D eigenvalue weighted by Gasteiger charge is 2.13. The summed E-state index contributed by atoms with van der Waals surface area (Å²) in [5, 5.41) is 4.23. The van der Waals surface area contributed by atoms with Gasteiger partial charge >= 0.3 is 0 Å². The molecular formula is C22H30Cl2N2O3. The van der Waals surface area contributed by atoms with Crippen LogP contribution in [-0.4, -0.2) is 51.2 Å². The van der Waals surface area contributed by atoms with Gasteiger partial charge in [-0.1, -0.05) is 35.9 Å². The van der Waals surface area contributed by atoms with Crippen molar-refractivity contribution in [2.75, 3.05) is 34.4 Å². The number of carbonyl (C=O) groups excluding carboxylic acids is 1. The molecular weight excluding hydrogens is 411 g/mol. The van der Waals surface area contributed by atoms with Crippen LogP contribution in [0.4, 0.5) is 0 Å². The predicted molar refractivity (Wildman–Crippen MR) is 120 cm³/mol. The fraction of sp³-hybridized carbons (Fsp3) is 0.409. The lowest BCUT2D eigenvalue weighted by molar-refractivity contribution is -0.130. The van der Waals surface area contributed by atoms with Gasteiger partial charge in [0.25, 0.3) is 5.91 Å². The van der Waals surface area contributed by atoms with Crippen LogP contribution in [0, 0.1) is 0 Å². The van der Waals surface area contributed by atoms with Crippen molar-refractivity contribution in [3.8, 4) is 5.75 Å². The fourth-order valence-corrected chi connectivity index (χ4v) is 2.97. The molecule has 0 saturated carbocycles. The molecule has 2 rings (SSSR count). The molecule has 1 N–H and O–H groups in total. The molecule has 0 aliphatic rings. The number of halogens is 2. The second-order valence-electron chi connectivity index (χ2n) is 7.01. The lowest BCUT2D eigenvalue weighted by Crippen LogP contribution is -2.32. The Bertz CT molecular complexity index is 754. The first-order valence-corrected chi connectivity index (χ1v) is 9.70. The molecule has 0 bridgehead atoms. The summed E-state index contributed by atoms with van der Waals surface area (Å²) in [7, 11) is 5.13. The number of nitrogens with zero attached hydrogens (tertiary/aromatic N) is 1. The molecule has 0 aromatic heterocycles. The minimum atomic E-state index is -0.0608. The summed E-state index contributed by atoms with van der Waals surface area (Å²) in [6, 6.07) is 15.9. The molecule has 2 aromatic rings. The molecule has 5 nitrogen and oxygen atoms in total. The smallest absolute Gasteiger partial charge is 0.259 e. The molecule has 0 spiro atoms. The van der Waals surface area contributed by atoms with E-state index < -0.39 is 0 Å². The Morgan fingerprint density at radius 2 is 1.86 bits per heavy atom. The maximum atomic E-state index is 11.6. The third-order valence-electron chi connectivity index (χ3n) is 4.48. The van der Waals surface area contributed by atoms with Crippen LogP contribution < -0.4 is 10.1 Å². The molecule has 0 radical (unpaired) electrons. The zero-order valence-electron chi connectivity index (χ0n) is 17.4. The van der Waals surface area contributed by atoms with Crippen LogP contribution in [0.25, 0.3) is 0 Å². The van der Waals surface area contributed by atoms with Crippen LogP contribution in [0.3, 0.4) is 0 Å². The van der Waals surface area contributed by atoms with Gasteiger partial charge in [0.05, 0.1) is 6.10 Å². The minimum absolute atomic E-state index is 0. The summed E-state index contributed by atoms with van der Waals surface area (Å²) in [5.41, 5.74) is 2.26. The van der Waals surface area contributed by atoms with Crippen molar-refractivity contribution in [1.82, 2.24) is 10.2 Å². The Kier molecular flexibility index (Phi) is 11.1. The van der Waals surface area contributed by atoms with E-state index >= 15 is 0 Å².